The van der Waals surface area contributed by atoms with Gasteiger partial charge in [-0.3, -0.25) is 9.97 Å². The van der Waals surface area contributed by atoms with Gasteiger partial charge >= 0.3 is 21.1 Å². The van der Waals surface area contributed by atoms with Gasteiger partial charge in [0.15, 0.2) is 0 Å². The van der Waals surface area contributed by atoms with Gasteiger partial charge in [-0.2, -0.15) is 0 Å². The number of hydrogen-bond acceptors (Lipinski definition) is 3. The number of rotatable bonds is 2. The van der Waals surface area contributed by atoms with Crippen LogP contribution in [0.1, 0.15) is 26.3 Å². The van der Waals surface area contributed by atoms with E-state index >= 15 is 0 Å². The summed E-state index contributed by atoms with van der Waals surface area (Å²) in [5, 5.41) is 6.45. The number of pyridine rings is 2. The maximum atomic E-state index is 6.38. The quantitative estimate of drug-likeness (QED) is 0.135. The Hall–Kier alpha value is -4.21. The molecule has 196 valence electrons. The fourth-order valence-electron chi connectivity index (χ4n) is 5.90. The van der Waals surface area contributed by atoms with E-state index < -0.39 is 0 Å². The largest absolute Gasteiger partial charge is 2.00 e. The van der Waals surface area contributed by atoms with Gasteiger partial charge in [-0.1, -0.05) is 96.9 Å². The zero-order valence-corrected chi connectivity index (χ0v) is 24.4. The molecule has 0 aliphatic carbocycles. The minimum atomic E-state index is -0.0156. The molecular weight excluding hydrogens is 675 g/mol. The van der Waals surface area contributed by atoms with Gasteiger partial charge in [0.25, 0.3) is 0 Å². The van der Waals surface area contributed by atoms with Crippen LogP contribution in [0.25, 0.3) is 54.6 Å². The maximum absolute atomic E-state index is 6.38. The number of nitrogens with zero attached hydrogens (tertiary/aromatic N) is 4. The molecule has 0 aliphatic rings. The average molecular weight is 700 g/mol. The van der Waals surface area contributed by atoms with Crippen LogP contribution >= 0.6 is 0 Å². The topological polar surface area (TPSA) is 43.8 Å². The van der Waals surface area contributed by atoms with Crippen molar-refractivity contribution in [2.24, 2.45) is 0 Å². The fraction of sp³-hybridized carbons (Fsp3) is 0.118. The van der Waals surface area contributed by atoms with Crippen molar-refractivity contribution in [2.75, 3.05) is 0 Å². The molecule has 40 heavy (non-hydrogen) atoms. The summed E-state index contributed by atoms with van der Waals surface area (Å²) in [5.41, 5.74) is 5.26. The molecule has 0 spiro atoms. The smallest absolute Gasteiger partial charge is 0.497 e. The van der Waals surface area contributed by atoms with E-state index in [0.717, 1.165) is 49.3 Å². The first kappa shape index (κ1) is 24.8. The zero-order chi connectivity index (χ0) is 26.3. The molecule has 8 rings (SSSR count). The first-order valence-corrected chi connectivity index (χ1v) is 13.1. The van der Waals surface area contributed by atoms with Gasteiger partial charge in [0.05, 0.1) is 11.3 Å². The predicted octanol–water partition coefficient (Wildman–Crippen LogP) is 8.28. The monoisotopic (exact) mass is 699 g/mol. The van der Waals surface area contributed by atoms with Crippen LogP contribution < -0.4 is 4.74 Å². The number of hydrogen-bond donors (Lipinski definition) is 0. The molecule has 0 radical (unpaired) electrons. The third-order valence-corrected chi connectivity index (χ3v) is 7.62. The fourth-order valence-corrected chi connectivity index (χ4v) is 5.90. The van der Waals surface area contributed by atoms with E-state index in [1.807, 2.05) is 36.9 Å². The van der Waals surface area contributed by atoms with Crippen molar-refractivity contribution in [3.63, 3.8) is 0 Å². The van der Waals surface area contributed by atoms with Crippen LogP contribution in [0.4, 0.5) is 0 Å². The van der Waals surface area contributed by atoms with E-state index in [1.54, 1.807) is 0 Å². The molecule has 0 saturated heterocycles. The Bertz CT molecular complexity index is 2260. The van der Waals surface area contributed by atoms with Crippen molar-refractivity contribution in [1.82, 2.24) is 18.8 Å². The average Bonchev–Trinajstić information content (AvgIpc) is 3.63. The standard InChI is InChI=1S/C34H24N4O.Pt/c1-34(2,3)28-8-6-10-30-31(28)25-14-12-22(20-27(25)33-36-16-18-38(30)33)39-21-11-13-23-24-7-4-5-9-29(24)37-17-15-35-32(37)26(23)19-21;/h4-18H,1-3H3;/q-2;+2. The third kappa shape index (κ3) is 3.58. The summed E-state index contributed by atoms with van der Waals surface area (Å²) in [6.45, 7) is 6.76. The number of para-hydroxylation sites is 1. The van der Waals surface area contributed by atoms with Gasteiger partial charge in [-0.15, -0.1) is 12.1 Å². The van der Waals surface area contributed by atoms with Crippen LogP contribution in [0, 0.1) is 12.1 Å². The van der Waals surface area contributed by atoms with Crippen LogP contribution in [0.15, 0.2) is 91.5 Å². The summed E-state index contributed by atoms with van der Waals surface area (Å²) in [7, 11) is 0. The second-order valence-corrected chi connectivity index (χ2v) is 11.0. The van der Waals surface area contributed by atoms with E-state index in [-0.39, 0.29) is 26.5 Å². The molecule has 0 aliphatic heterocycles. The Kier molecular flexibility index (Phi) is 5.52. The van der Waals surface area contributed by atoms with Crippen molar-refractivity contribution in [1.29, 1.82) is 0 Å². The third-order valence-electron chi connectivity index (χ3n) is 7.62. The van der Waals surface area contributed by atoms with Gasteiger partial charge in [0, 0.05) is 47.3 Å². The van der Waals surface area contributed by atoms with Gasteiger partial charge in [0.2, 0.25) is 0 Å². The molecule has 0 fully saturated rings. The zero-order valence-electron chi connectivity index (χ0n) is 22.2. The SMILES string of the molecule is CC(C)(C)c1cccc2c1c1ccc(Oc3[c-]c4c(cc3)c3ccccc3n3ccnc43)[c-]c1c1nccn21.[Pt+2]. The first-order valence-electron chi connectivity index (χ1n) is 13.1. The van der Waals surface area contributed by atoms with Crippen LogP contribution in [0.3, 0.4) is 0 Å². The Morgan fingerprint density at radius 2 is 1.25 bits per heavy atom. The molecule has 0 bridgehead atoms. The molecule has 0 atom stereocenters. The van der Waals surface area contributed by atoms with Crippen molar-refractivity contribution >= 4 is 54.6 Å². The van der Waals surface area contributed by atoms with Crippen LogP contribution in [-0.4, -0.2) is 18.8 Å². The van der Waals surface area contributed by atoms with Crippen molar-refractivity contribution in [3.05, 3.63) is 109 Å². The normalized spacial score (nSPS) is 12.2. The number of aromatic nitrogens is 4. The Balaban J connectivity index is 0.00000264. The number of benzene rings is 4. The summed E-state index contributed by atoms with van der Waals surface area (Å²) in [4.78, 5) is 9.32. The van der Waals surface area contributed by atoms with Gasteiger partial charge in [-0.05, 0) is 33.9 Å². The maximum Gasteiger partial charge on any atom is 2.00 e. The second kappa shape index (κ2) is 8.90. The molecule has 4 heterocycles. The van der Waals surface area contributed by atoms with Crippen LogP contribution in [-0.2, 0) is 26.5 Å². The van der Waals surface area contributed by atoms with Crippen molar-refractivity contribution in [2.45, 2.75) is 26.2 Å². The van der Waals surface area contributed by atoms with E-state index in [4.69, 9.17) is 9.72 Å². The Morgan fingerprint density at radius 3 is 1.95 bits per heavy atom. The molecular formula is C34H24N4OPt. The summed E-state index contributed by atoms with van der Waals surface area (Å²) in [6.07, 6.45) is 7.67. The number of ether oxygens (including phenoxy) is 1. The van der Waals surface area contributed by atoms with E-state index in [9.17, 15) is 0 Å². The summed E-state index contributed by atoms with van der Waals surface area (Å²) in [5.74, 6) is 1.24. The molecule has 4 aromatic carbocycles. The Morgan fingerprint density at radius 1 is 0.650 bits per heavy atom. The predicted molar refractivity (Wildman–Crippen MR) is 157 cm³/mol. The molecule has 0 unspecified atom stereocenters. The second-order valence-electron chi connectivity index (χ2n) is 11.0. The summed E-state index contributed by atoms with van der Waals surface area (Å²) >= 11 is 0. The van der Waals surface area contributed by atoms with Crippen molar-refractivity contribution < 1.29 is 25.8 Å². The molecule has 0 N–H and O–H groups in total. The molecule has 6 heteroatoms. The van der Waals surface area contributed by atoms with Gasteiger partial charge in [0.1, 0.15) is 0 Å². The summed E-state index contributed by atoms with van der Waals surface area (Å²) in [6, 6.07) is 30.1. The Labute approximate surface area is 245 Å². The number of fused-ring (bicyclic) bond motifs is 12. The first-order chi connectivity index (χ1) is 19.0. The molecule has 4 aromatic heterocycles. The minimum Gasteiger partial charge on any atom is -0.497 e. The minimum absolute atomic E-state index is 0. The van der Waals surface area contributed by atoms with Crippen LogP contribution in [0.2, 0.25) is 0 Å². The van der Waals surface area contributed by atoms with E-state index in [0.29, 0.717) is 11.5 Å². The summed E-state index contributed by atoms with van der Waals surface area (Å²) < 4.78 is 10.6. The molecule has 5 nitrogen and oxygen atoms in total. The molecule has 8 aromatic rings. The molecule has 0 amide bonds. The van der Waals surface area contributed by atoms with Gasteiger partial charge in [-0.25, -0.2) is 0 Å². The van der Waals surface area contributed by atoms with E-state index in [1.165, 1.54) is 10.9 Å². The number of imidazole rings is 2. The van der Waals surface area contributed by atoms with E-state index in [2.05, 4.69) is 101 Å². The van der Waals surface area contributed by atoms with Crippen LogP contribution in [0.5, 0.6) is 11.5 Å². The van der Waals surface area contributed by atoms with Crippen molar-refractivity contribution in [3.8, 4) is 11.5 Å². The van der Waals surface area contributed by atoms with Gasteiger partial charge < -0.3 is 13.5 Å². The molecule has 0 saturated carbocycles.